The summed E-state index contributed by atoms with van der Waals surface area (Å²) >= 11 is 0. The van der Waals surface area contributed by atoms with E-state index in [-0.39, 0.29) is 6.61 Å². The summed E-state index contributed by atoms with van der Waals surface area (Å²) in [6, 6.07) is 7.01. The van der Waals surface area contributed by atoms with E-state index < -0.39 is 0 Å². The first-order chi connectivity index (χ1) is 6.83. The van der Waals surface area contributed by atoms with Gasteiger partial charge in [0.05, 0.1) is 6.61 Å². The molecule has 0 unspecified atom stereocenters. The van der Waals surface area contributed by atoms with E-state index in [0.717, 1.165) is 29.7 Å². The number of aryl methyl sites for hydroxylation is 2. The number of benzene rings is 1. The molecular formula is C12H17O2. The van der Waals surface area contributed by atoms with Crippen molar-refractivity contribution in [2.45, 2.75) is 26.7 Å². The first kappa shape index (κ1) is 11.1. The van der Waals surface area contributed by atoms with Gasteiger partial charge in [-0.05, 0) is 42.2 Å². The molecule has 0 aromatic heterocycles. The third kappa shape index (κ3) is 2.48. The Morgan fingerprint density at radius 3 is 2.21 bits per heavy atom. The lowest BCUT2D eigenvalue weighted by Crippen LogP contribution is -2.05. The van der Waals surface area contributed by atoms with Crippen LogP contribution in [0.3, 0.4) is 0 Å². The van der Waals surface area contributed by atoms with Gasteiger partial charge in [-0.2, -0.15) is 0 Å². The van der Waals surface area contributed by atoms with Gasteiger partial charge in [0.15, 0.2) is 0 Å². The van der Waals surface area contributed by atoms with Crippen LogP contribution in [0.4, 0.5) is 0 Å². The topological polar surface area (TPSA) is 29.5 Å². The van der Waals surface area contributed by atoms with Crippen LogP contribution in [0.15, 0.2) is 12.1 Å². The van der Waals surface area contributed by atoms with Crippen LogP contribution in [0, 0.1) is 6.07 Å². The Hall–Kier alpha value is -1.02. The Balaban J connectivity index is 2.93. The molecule has 0 amide bonds. The lowest BCUT2D eigenvalue weighted by molar-refractivity contribution is 0.199. The fraction of sp³-hybridized carbons (Fsp3) is 0.500. The zero-order valence-electron chi connectivity index (χ0n) is 8.84. The number of ether oxygens (including phenoxy) is 1. The van der Waals surface area contributed by atoms with Gasteiger partial charge in [0.25, 0.3) is 0 Å². The lowest BCUT2D eigenvalue weighted by atomic mass is 10.1. The molecule has 0 saturated carbocycles. The molecular weight excluding hydrogens is 176 g/mol. The third-order valence-electron chi connectivity index (χ3n) is 2.20. The van der Waals surface area contributed by atoms with Crippen LogP contribution in [0.5, 0.6) is 5.75 Å². The molecule has 0 heterocycles. The summed E-state index contributed by atoms with van der Waals surface area (Å²) in [5, 5.41) is 8.72. The number of hydrogen-bond acceptors (Lipinski definition) is 2. The largest absolute Gasteiger partial charge is 0.491 e. The second kappa shape index (κ2) is 5.66. The summed E-state index contributed by atoms with van der Waals surface area (Å²) in [5.74, 6) is 0.933. The van der Waals surface area contributed by atoms with E-state index in [4.69, 9.17) is 9.84 Å². The average Bonchev–Trinajstić information content (AvgIpc) is 2.25. The molecule has 1 radical (unpaired) electrons. The minimum Gasteiger partial charge on any atom is -0.491 e. The van der Waals surface area contributed by atoms with Crippen LogP contribution >= 0.6 is 0 Å². The molecule has 77 valence electrons. The molecule has 1 N–H and O–H groups in total. The molecule has 0 fully saturated rings. The summed E-state index contributed by atoms with van der Waals surface area (Å²) in [4.78, 5) is 0. The molecule has 14 heavy (non-hydrogen) atoms. The molecule has 1 aromatic carbocycles. The molecule has 0 saturated heterocycles. The van der Waals surface area contributed by atoms with Gasteiger partial charge in [0, 0.05) is 0 Å². The summed E-state index contributed by atoms with van der Waals surface area (Å²) in [6.45, 7) is 4.61. The average molecular weight is 193 g/mol. The second-order valence-electron chi connectivity index (χ2n) is 3.11. The van der Waals surface area contributed by atoms with E-state index >= 15 is 0 Å². The van der Waals surface area contributed by atoms with Crippen molar-refractivity contribution in [2.24, 2.45) is 0 Å². The maximum Gasteiger partial charge on any atom is 0.125 e. The predicted octanol–water partition coefficient (Wildman–Crippen LogP) is 1.98. The van der Waals surface area contributed by atoms with E-state index in [2.05, 4.69) is 19.9 Å². The normalized spacial score (nSPS) is 10.2. The Morgan fingerprint density at radius 2 is 1.79 bits per heavy atom. The monoisotopic (exact) mass is 193 g/mol. The fourth-order valence-electron chi connectivity index (χ4n) is 1.44. The van der Waals surface area contributed by atoms with Crippen molar-refractivity contribution in [2.75, 3.05) is 13.2 Å². The van der Waals surface area contributed by atoms with Crippen molar-refractivity contribution in [1.29, 1.82) is 0 Å². The van der Waals surface area contributed by atoms with Gasteiger partial charge in [0.2, 0.25) is 0 Å². The van der Waals surface area contributed by atoms with Crippen molar-refractivity contribution in [1.82, 2.24) is 0 Å². The molecule has 0 spiro atoms. The highest BCUT2D eigenvalue weighted by atomic mass is 16.5. The minimum absolute atomic E-state index is 0.0604. The Kier molecular flexibility index (Phi) is 4.47. The standard InChI is InChI=1S/C12H17O2/c1-3-10-6-5-7-11(4-2)12(10)14-9-8-13/h6-7,13H,3-4,8-9H2,1-2H3. The molecule has 2 nitrogen and oxygen atoms in total. The van der Waals surface area contributed by atoms with E-state index in [9.17, 15) is 0 Å². The molecule has 0 bridgehead atoms. The Labute approximate surface area is 85.5 Å². The van der Waals surface area contributed by atoms with Crippen LogP contribution in [0.2, 0.25) is 0 Å². The van der Waals surface area contributed by atoms with Crippen LogP contribution in [-0.4, -0.2) is 18.3 Å². The van der Waals surface area contributed by atoms with Crippen molar-refractivity contribution < 1.29 is 9.84 Å². The molecule has 1 rings (SSSR count). The Morgan fingerprint density at radius 1 is 1.21 bits per heavy atom. The molecule has 2 heteroatoms. The van der Waals surface area contributed by atoms with Crippen molar-refractivity contribution in [3.05, 3.63) is 29.3 Å². The van der Waals surface area contributed by atoms with Gasteiger partial charge in [-0.15, -0.1) is 0 Å². The molecule has 1 aromatic rings. The van der Waals surface area contributed by atoms with Gasteiger partial charge in [-0.3, -0.25) is 0 Å². The predicted molar refractivity (Wildman–Crippen MR) is 56.6 cm³/mol. The lowest BCUT2D eigenvalue weighted by Gasteiger charge is -2.13. The van der Waals surface area contributed by atoms with Crippen molar-refractivity contribution in [3.63, 3.8) is 0 Å². The highest BCUT2D eigenvalue weighted by molar-refractivity contribution is 5.41. The molecule has 0 aliphatic heterocycles. The number of hydrogen-bond donors (Lipinski definition) is 1. The van der Waals surface area contributed by atoms with Crippen molar-refractivity contribution >= 4 is 0 Å². The van der Waals surface area contributed by atoms with E-state index in [1.807, 2.05) is 12.1 Å². The van der Waals surface area contributed by atoms with E-state index in [1.54, 1.807) is 0 Å². The van der Waals surface area contributed by atoms with Gasteiger partial charge in [0.1, 0.15) is 12.4 Å². The second-order valence-corrected chi connectivity index (χ2v) is 3.11. The summed E-state index contributed by atoms with van der Waals surface area (Å²) in [7, 11) is 0. The maximum absolute atomic E-state index is 8.72. The zero-order valence-corrected chi connectivity index (χ0v) is 8.84. The highest BCUT2D eigenvalue weighted by Crippen LogP contribution is 2.24. The SMILES string of the molecule is CCc1c[c]cc(CC)c1OCCO. The Bertz CT molecular complexity index is 259. The molecule has 0 atom stereocenters. The van der Waals surface area contributed by atoms with Gasteiger partial charge >= 0.3 is 0 Å². The fourth-order valence-corrected chi connectivity index (χ4v) is 1.44. The van der Waals surface area contributed by atoms with Crippen LogP contribution < -0.4 is 4.74 Å². The molecule has 0 aliphatic carbocycles. The summed E-state index contributed by atoms with van der Waals surface area (Å²) < 4.78 is 5.53. The molecule has 0 aliphatic rings. The zero-order chi connectivity index (χ0) is 10.4. The van der Waals surface area contributed by atoms with Crippen molar-refractivity contribution in [3.8, 4) is 5.75 Å². The summed E-state index contributed by atoms with van der Waals surface area (Å²) in [6.07, 6.45) is 1.87. The quantitative estimate of drug-likeness (QED) is 0.774. The summed E-state index contributed by atoms with van der Waals surface area (Å²) in [5.41, 5.74) is 2.33. The highest BCUT2D eigenvalue weighted by Gasteiger charge is 2.06. The first-order valence-electron chi connectivity index (χ1n) is 5.09. The van der Waals surface area contributed by atoms with Gasteiger partial charge in [-0.1, -0.05) is 13.8 Å². The van der Waals surface area contributed by atoms with Crippen LogP contribution in [0.1, 0.15) is 25.0 Å². The van der Waals surface area contributed by atoms with E-state index in [1.165, 1.54) is 0 Å². The smallest absolute Gasteiger partial charge is 0.125 e. The van der Waals surface area contributed by atoms with Crippen LogP contribution in [-0.2, 0) is 12.8 Å². The number of aliphatic hydroxyl groups is 1. The number of aliphatic hydroxyl groups excluding tert-OH is 1. The van der Waals surface area contributed by atoms with Gasteiger partial charge in [-0.25, -0.2) is 0 Å². The van der Waals surface area contributed by atoms with E-state index in [0.29, 0.717) is 6.61 Å². The first-order valence-corrected chi connectivity index (χ1v) is 5.09. The minimum atomic E-state index is 0.0604. The maximum atomic E-state index is 8.72. The number of rotatable bonds is 5. The van der Waals surface area contributed by atoms with Crippen LogP contribution in [0.25, 0.3) is 0 Å². The van der Waals surface area contributed by atoms with Gasteiger partial charge < -0.3 is 9.84 Å². The third-order valence-corrected chi connectivity index (χ3v) is 2.20.